The first-order valence-electron chi connectivity index (χ1n) is 1.51. The van der Waals surface area contributed by atoms with Crippen molar-refractivity contribution in [2.24, 2.45) is 0 Å². The summed E-state index contributed by atoms with van der Waals surface area (Å²) in [5.41, 5.74) is 0.176. The molecule has 0 unspecified atom stereocenters. The van der Waals surface area contributed by atoms with Crippen LogP contribution >= 0.6 is 0 Å². The predicted molar refractivity (Wildman–Crippen MR) is 18.8 cm³/mol. The summed E-state index contributed by atoms with van der Waals surface area (Å²) in [4.78, 5) is 0. The van der Waals surface area contributed by atoms with Gasteiger partial charge in [-0.15, -0.1) is 0 Å². The second-order valence-electron chi connectivity index (χ2n) is 0.885. The molecule has 0 N–H and O–H groups in total. The zero-order valence-electron chi connectivity index (χ0n) is 3.01. The van der Waals surface area contributed by atoms with Crippen molar-refractivity contribution in [2.75, 3.05) is 0 Å². The van der Waals surface area contributed by atoms with E-state index in [1.807, 2.05) is 0 Å². The van der Waals surface area contributed by atoms with Crippen LogP contribution in [0.5, 0.6) is 0 Å². The number of nitrogens with zero attached hydrogens (tertiary/aromatic N) is 1. The number of hydrogen-bond donors (Lipinski definition) is 0. The van der Waals surface area contributed by atoms with Crippen molar-refractivity contribution in [3.05, 3.63) is 24.9 Å². The monoisotopic (exact) mass is 80.0 g/mol. The SMILES string of the molecule is [C]c1ccon1. The van der Waals surface area contributed by atoms with Crippen LogP contribution < -0.4 is 0 Å². The quantitative estimate of drug-likeness (QED) is 0.456. The minimum Gasteiger partial charge on any atom is -0.364 e. The smallest absolute Gasteiger partial charge is 0.124 e. The van der Waals surface area contributed by atoms with Gasteiger partial charge < -0.3 is 4.52 Å². The van der Waals surface area contributed by atoms with Gasteiger partial charge in [0.05, 0.1) is 12.6 Å². The maximum Gasteiger partial charge on any atom is 0.124 e. The van der Waals surface area contributed by atoms with Gasteiger partial charge in [-0.05, 0) is 0 Å². The summed E-state index contributed by atoms with van der Waals surface area (Å²) in [6.45, 7) is 6.67. The first-order chi connectivity index (χ1) is 2.89. The molecule has 29 valence electrons. The van der Waals surface area contributed by atoms with Crippen LogP contribution in [0, 0.1) is 6.92 Å². The molecule has 3 radical (unpaired) electrons. The summed E-state index contributed by atoms with van der Waals surface area (Å²) in [5.74, 6) is 0. The molecular formula is C4H2NO. The van der Waals surface area contributed by atoms with Gasteiger partial charge in [-0.2, -0.15) is 0 Å². The van der Waals surface area contributed by atoms with Crippen LogP contribution in [0.3, 0.4) is 0 Å². The van der Waals surface area contributed by atoms with Crippen LogP contribution in [0.15, 0.2) is 16.9 Å². The highest BCUT2D eigenvalue weighted by Crippen LogP contribution is 1.86. The van der Waals surface area contributed by atoms with Crippen molar-refractivity contribution >= 4 is 0 Å². The molecule has 0 aliphatic heterocycles. The standard InChI is InChI=1S/C4H2NO/c1-4-2-3-6-5-4/h2-3H. The van der Waals surface area contributed by atoms with E-state index in [4.69, 9.17) is 6.92 Å². The molecule has 6 heavy (non-hydrogen) atoms. The molecule has 2 nitrogen and oxygen atoms in total. The van der Waals surface area contributed by atoms with E-state index in [2.05, 4.69) is 9.68 Å². The summed E-state index contributed by atoms with van der Waals surface area (Å²) in [5, 5.41) is 3.21. The Hall–Kier alpha value is -0.790. The molecule has 0 fully saturated rings. The summed E-state index contributed by atoms with van der Waals surface area (Å²) >= 11 is 0. The molecule has 1 heterocycles. The fourth-order valence-electron chi connectivity index (χ4n) is 0.213. The highest BCUT2D eigenvalue weighted by molar-refractivity contribution is 4.97. The largest absolute Gasteiger partial charge is 0.364 e. The molecule has 0 aliphatic rings. The van der Waals surface area contributed by atoms with Crippen molar-refractivity contribution in [3.63, 3.8) is 0 Å². The molecule has 1 aromatic heterocycles. The van der Waals surface area contributed by atoms with E-state index in [0.717, 1.165) is 0 Å². The van der Waals surface area contributed by atoms with Crippen molar-refractivity contribution in [1.29, 1.82) is 0 Å². The van der Waals surface area contributed by atoms with Gasteiger partial charge in [0.2, 0.25) is 0 Å². The molecule has 2 heteroatoms. The Bertz CT molecular complexity index is 111. The zero-order chi connectivity index (χ0) is 4.41. The third-order valence-corrected chi connectivity index (χ3v) is 0.438. The van der Waals surface area contributed by atoms with E-state index < -0.39 is 0 Å². The van der Waals surface area contributed by atoms with Crippen molar-refractivity contribution in [2.45, 2.75) is 0 Å². The first kappa shape index (κ1) is 3.40. The Balaban J connectivity index is 3.05. The molecule has 0 amide bonds. The maximum atomic E-state index is 6.67. The molecule has 0 aliphatic carbocycles. The van der Waals surface area contributed by atoms with Crippen LogP contribution in [0.4, 0.5) is 0 Å². The summed E-state index contributed by atoms with van der Waals surface area (Å²) < 4.78 is 4.28. The van der Waals surface area contributed by atoms with Crippen molar-refractivity contribution < 1.29 is 4.52 Å². The number of hydrogen-bond acceptors (Lipinski definition) is 2. The third-order valence-electron chi connectivity index (χ3n) is 0.438. The molecule has 0 saturated heterocycles. The molecule has 0 saturated carbocycles. The van der Waals surface area contributed by atoms with Crippen molar-refractivity contribution in [3.8, 4) is 0 Å². The Morgan fingerprint density at radius 3 is 2.83 bits per heavy atom. The zero-order valence-corrected chi connectivity index (χ0v) is 3.01. The summed E-state index contributed by atoms with van der Waals surface area (Å²) in [7, 11) is 0. The second-order valence-corrected chi connectivity index (χ2v) is 0.885. The van der Waals surface area contributed by atoms with Crippen LogP contribution in [0.25, 0.3) is 0 Å². The van der Waals surface area contributed by atoms with Gasteiger partial charge in [0.15, 0.2) is 0 Å². The lowest BCUT2D eigenvalue weighted by molar-refractivity contribution is 0.417. The summed E-state index contributed by atoms with van der Waals surface area (Å²) in [6, 6.07) is 1.47. The Labute approximate surface area is 35.8 Å². The lowest BCUT2D eigenvalue weighted by atomic mass is 10.5. The van der Waals surface area contributed by atoms with Crippen LogP contribution in [-0.2, 0) is 0 Å². The van der Waals surface area contributed by atoms with E-state index in [1.165, 1.54) is 12.3 Å². The van der Waals surface area contributed by atoms with Gasteiger partial charge in [0.25, 0.3) is 0 Å². The lowest BCUT2D eigenvalue weighted by Gasteiger charge is -1.60. The maximum absolute atomic E-state index is 6.67. The second kappa shape index (κ2) is 1.12. The normalized spacial score (nSPS) is 8.83. The van der Waals surface area contributed by atoms with E-state index in [0.29, 0.717) is 0 Å². The van der Waals surface area contributed by atoms with Gasteiger partial charge in [-0.1, -0.05) is 5.16 Å². The Morgan fingerprint density at radius 2 is 2.67 bits per heavy atom. The Morgan fingerprint density at radius 1 is 1.83 bits per heavy atom. The van der Waals surface area contributed by atoms with Crippen LogP contribution in [0.2, 0.25) is 0 Å². The van der Waals surface area contributed by atoms with Gasteiger partial charge in [-0.25, -0.2) is 0 Å². The van der Waals surface area contributed by atoms with E-state index in [1.54, 1.807) is 0 Å². The molecule has 1 rings (SSSR count). The minimum absolute atomic E-state index is 0.176. The predicted octanol–water partition coefficient (Wildman–Crippen LogP) is 0.611. The third kappa shape index (κ3) is 0.407. The number of rotatable bonds is 0. The van der Waals surface area contributed by atoms with Gasteiger partial charge in [0, 0.05) is 6.07 Å². The average molecular weight is 80.1 g/mol. The van der Waals surface area contributed by atoms with E-state index >= 15 is 0 Å². The molecule has 0 bridgehead atoms. The van der Waals surface area contributed by atoms with Gasteiger partial charge >= 0.3 is 0 Å². The average Bonchev–Trinajstić information content (AvgIpc) is 1.86. The van der Waals surface area contributed by atoms with Crippen molar-refractivity contribution in [1.82, 2.24) is 5.16 Å². The van der Waals surface area contributed by atoms with Gasteiger partial charge in [-0.3, -0.25) is 0 Å². The topological polar surface area (TPSA) is 26.0 Å². The Kier molecular flexibility index (Phi) is 0.638. The van der Waals surface area contributed by atoms with E-state index in [9.17, 15) is 0 Å². The minimum atomic E-state index is 0.176. The van der Waals surface area contributed by atoms with E-state index in [-0.39, 0.29) is 5.69 Å². The van der Waals surface area contributed by atoms with Crippen LogP contribution in [0.1, 0.15) is 5.69 Å². The highest BCUT2D eigenvalue weighted by atomic mass is 16.5. The van der Waals surface area contributed by atoms with Gasteiger partial charge in [0.1, 0.15) is 6.26 Å². The van der Waals surface area contributed by atoms with Crippen LogP contribution in [-0.4, -0.2) is 5.16 Å². The summed E-state index contributed by atoms with van der Waals surface area (Å²) in [6.07, 6.45) is 1.36. The lowest BCUT2D eigenvalue weighted by Crippen LogP contribution is -1.59. The molecule has 0 atom stereocenters. The first-order valence-corrected chi connectivity index (χ1v) is 1.51. The molecule has 0 spiro atoms. The fraction of sp³-hybridized carbons (Fsp3) is 0. The molecule has 0 aromatic carbocycles. The fourth-order valence-corrected chi connectivity index (χ4v) is 0.213. The highest BCUT2D eigenvalue weighted by Gasteiger charge is 1.79. The number of aromatic nitrogens is 1. The molecule has 1 aromatic rings. The molecular weight excluding hydrogens is 78.0 g/mol.